The molecule has 1 rings (SSSR count). The maximum atomic E-state index is 12.0. The van der Waals surface area contributed by atoms with E-state index in [1.807, 2.05) is 20.8 Å². The molecule has 0 saturated carbocycles. The van der Waals surface area contributed by atoms with Crippen molar-refractivity contribution in [2.75, 3.05) is 18.1 Å². The maximum Gasteiger partial charge on any atom is 0.313 e. The topological polar surface area (TPSA) is 110 Å². The van der Waals surface area contributed by atoms with Gasteiger partial charge in [-0.3, -0.25) is 19.7 Å². The van der Waals surface area contributed by atoms with Crippen LogP contribution in [0.25, 0.3) is 0 Å². The number of nitrogens with one attached hydrogen (secondary N) is 1. The summed E-state index contributed by atoms with van der Waals surface area (Å²) < 4.78 is 0. The van der Waals surface area contributed by atoms with E-state index >= 15 is 0 Å². The third-order valence-corrected chi connectivity index (χ3v) is 3.97. The van der Waals surface area contributed by atoms with E-state index in [1.54, 1.807) is 12.1 Å². The van der Waals surface area contributed by atoms with Crippen molar-refractivity contribution in [1.29, 1.82) is 0 Å². The van der Waals surface area contributed by atoms with Crippen molar-refractivity contribution in [1.82, 2.24) is 5.32 Å². The van der Waals surface area contributed by atoms with Crippen LogP contribution in [0.15, 0.2) is 18.2 Å². The van der Waals surface area contributed by atoms with Gasteiger partial charge in [0.1, 0.15) is 0 Å². The van der Waals surface area contributed by atoms with Crippen LogP contribution in [-0.4, -0.2) is 40.0 Å². The predicted octanol–water partition coefficient (Wildman–Crippen LogP) is 2.44. The van der Waals surface area contributed by atoms with Gasteiger partial charge in [0.05, 0.1) is 10.7 Å². The zero-order valence-corrected chi connectivity index (χ0v) is 14.1. The fraction of sp³-hybridized carbons (Fsp3) is 0.467. The van der Waals surface area contributed by atoms with Crippen molar-refractivity contribution in [3.8, 4) is 0 Å². The third kappa shape index (κ3) is 5.90. The number of nitro benzene ring substituents is 1. The van der Waals surface area contributed by atoms with E-state index in [2.05, 4.69) is 5.32 Å². The Morgan fingerprint density at radius 1 is 1.35 bits per heavy atom. The Morgan fingerprint density at radius 2 is 2.00 bits per heavy atom. The lowest BCUT2D eigenvalue weighted by Crippen LogP contribution is -2.26. The molecular formula is C15H20N2O5S. The zero-order chi connectivity index (χ0) is 17.6. The molecule has 2 N–H and O–H groups in total. The number of hydrogen-bond acceptors (Lipinski definition) is 5. The number of carbonyl (C=O) groups is 2. The van der Waals surface area contributed by atoms with Gasteiger partial charge in [0.2, 0.25) is 0 Å². The van der Waals surface area contributed by atoms with Crippen molar-refractivity contribution >= 4 is 29.3 Å². The Labute approximate surface area is 138 Å². The average Bonchev–Trinajstić information content (AvgIpc) is 2.44. The molecule has 0 fully saturated rings. The molecule has 0 saturated heterocycles. The molecule has 0 aliphatic rings. The molecule has 0 heterocycles. The molecule has 0 atom stereocenters. The van der Waals surface area contributed by atoms with Gasteiger partial charge in [0, 0.05) is 29.5 Å². The second-order valence-corrected chi connectivity index (χ2v) is 7.05. The first-order chi connectivity index (χ1) is 10.6. The Bertz CT molecular complexity index is 610. The second kappa shape index (κ2) is 7.96. The van der Waals surface area contributed by atoms with Gasteiger partial charge in [0.15, 0.2) is 0 Å². The number of nitrogens with zero attached hydrogens (tertiary/aromatic N) is 1. The lowest BCUT2D eigenvalue weighted by Gasteiger charge is -2.19. The first kappa shape index (κ1) is 19.0. The van der Waals surface area contributed by atoms with Gasteiger partial charge in [0.25, 0.3) is 11.6 Å². The minimum Gasteiger partial charge on any atom is -0.481 e. The molecule has 126 valence electrons. The van der Waals surface area contributed by atoms with Crippen LogP contribution in [0.5, 0.6) is 0 Å². The molecule has 1 aromatic carbocycles. The highest BCUT2D eigenvalue weighted by Crippen LogP contribution is 2.31. The van der Waals surface area contributed by atoms with Crippen molar-refractivity contribution in [2.45, 2.75) is 26.2 Å². The van der Waals surface area contributed by atoms with Crippen LogP contribution in [0.4, 0.5) is 5.69 Å². The molecule has 7 nitrogen and oxygen atoms in total. The fourth-order valence-corrected chi connectivity index (χ4v) is 2.52. The number of rotatable bonds is 7. The number of amides is 1. The number of nitro groups is 1. The van der Waals surface area contributed by atoms with E-state index < -0.39 is 22.2 Å². The predicted molar refractivity (Wildman–Crippen MR) is 89.1 cm³/mol. The normalized spacial score (nSPS) is 11.1. The molecule has 8 heteroatoms. The monoisotopic (exact) mass is 340 g/mol. The summed E-state index contributed by atoms with van der Waals surface area (Å²) in [5.41, 5.74) is 0.305. The Morgan fingerprint density at radius 3 is 2.52 bits per heavy atom. The van der Waals surface area contributed by atoms with Gasteiger partial charge in [-0.2, -0.15) is 0 Å². The quantitative estimate of drug-likeness (QED) is 0.448. The summed E-state index contributed by atoms with van der Waals surface area (Å²) in [7, 11) is 0. The summed E-state index contributed by atoms with van der Waals surface area (Å²) >= 11 is 1.19. The van der Waals surface area contributed by atoms with Crippen LogP contribution in [0.2, 0.25) is 0 Å². The first-order valence-corrected chi connectivity index (χ1v) is 8.15. The highest BCUT2D eigenvalue weighted by atomic mass is 32.2. The number of carboxylic acids is 1. The zero-order valence-electron chi connectivity index (χ0n) is 13.3. The lowest BCUT2D eigenvalue weighted by molar-refractivity contribution is -0.386. The smallest absolute Gasteiger partial charge is 0.313 e. The second-order valence-electron chi connectivity index (χ2n) is 5.94. The van der Waals surface area contributed by atoms with E-state index in [9.17, 15) is 19.7 Å². The molecule has 0 spiro atoms. The minimum absolute atomic E-state index is 0.0262. The number of hydrogen-bond donors (Lipinski definition) is 2. The van der Waals surface area contributed by atoms with Crippen LogP contribution in [0.1, 0.15) is 36.7 Å². The van der Waals surface area contributed by atoms with Crippen LogP contribution >= 0.6 is 11.8 Å². The molecule has 0 aliphatic carbocycles. The SMILES string of the molecule is CC(C)(C)c1ccc(C(=O)NCCSCC(=O)O)cc1[N+](=O)[O-]. The van der Waals surface area contributed by atoms with E-state index in [0.29, 0.717) is 17.9 Å². The van der Waals surface area contributed by atoms with E-state index in [1.165, 1.54) is 17.8 Å². The molecule has 0 unspecified atom stereocenters. The van der Waals surface area contributed by atoms with Crippen molar-refractivity contribution in [3.63, 3.8) is 0 Å². The molecule has 23 heavy (non-hydrogen) atoms. The Hall–Kier alpha value is -2.09. The molecule has 0 bridgehead atoms. The van der Waals surface area contributed by atoms with Crippen molar-refractivity contribution < 1.29 is 19.6 Å². The summed E-state index contributed by atoms with van der Waals surface area (Å²) in [5.74, 6) is -0.888. The van der Waals surface area contributed by atoms with E-state index in [0.717, 1.165) is 0 Å². The van der Waals surface area contributed by atoms with Gasteiger partial charge < -0.3 is 10.4 Å². The molecule has 0 aliphatic heterocycles. The highest BCUT2D eigenvalue weighted by Gasteiger charge is 2.25. The van der Waals surface area contributed by atoms with Gasteiger partial charge in [-0.15, -0.1) is 11.8 Å². The molecule has 0 radical (unpaired) electrons. The van der Waals surface area contributed by atoms with Gasteiger partial charge in [-0.25, -0.2) is 0 Å². The fourth-order valence-electron chi connectivity index (χ4n) is 1.96. The Balaban J connectivity index is 2.77. The summed E-state index contributed by atoms with van der Waals surface area (Å²) in [6.45, 7) is 5.91. The summed E-state index contributed by atoms with van der Waals surface area (Å²) in [6.07, 6.45) is 0. The highest BCUT2D eigenvalue weighted by molar-refractivity contribution is 7.99. The minimum atomic E-state index is -0.908. The molecule has 1 amide bonds. The average molecular weight is 340 g/mol. The lowest BCUT2D eigenvalue weighted by atomic mass is 9.85. The molecule has 0 aromatic heterocycles. The largest absolute Gasteiger partial charge is 0.481 e. The van der Waals surface area contributed by atoms with Gasteiger partial charge in [-0.1, -0.05) is 26.8 Å². The van der Waals surface area contributed by atoms with Crippen LogP contribution < -0.4 is 5.32 Å². The number of benzene rings is 1. The maximum absolute atomic E-state index is 12.0. The van der Waals surface area contributed by atoms with Crippen molar-refractivity contribution in [2.24, 2.45) is 0 Å². The molecule has 1 aromatic rings. The number of aliphatic carboxylic acids is 1. The van der Waals surface area contributed by atoms with Crippen molar-refractivity contribution in [3.05, 3.63) is 39.4 Å². The molecular weight excluding hydrogens is 320 g/mol. The van der Waals surface area contributed by atoms with Gasteiger partial charge in [-0.05, 0) is 11.5 Å². The third-order valence-electron chi connectivity index (χ3n) is 3.02. The van der Waals surface area contributed by atoms with Crippen LogP contribution in [0, 0.1) is 10.1 Å². The number of carbonyl (C=O) groups excluding carboxylic acids is 1. The van der Waals surface area contributed by atoms with Crippen LogP contribution in [0.3, 0.4) is 0 Å². The summed E-state index contributed by atoms with van der Waals surface area (Å²) in [5, 5.41) is 22.3. The summed E-state index contributed by atoms with van der Waals surface area (Å²) in [4.78, 5) is 33.1. The Kier molecular flexibility index (Phi) is 6.56. The number of carboxylic acid groups (broad SMARTS) is 1. The van der Waals surface area contributed by atoms with E-state index in [-0.39, 0.29) is 17.0 Å². The standard InChI is InChI=1S/C15H20N2O5S/c1-15(2,3)11-5-4-10(8-12(11)17(21)22)14(20)16-6-7-23-9-13(18)19/h4-5,8H,6-7,9H2,1-3H3,(H,16,20)(H,18,19). The van der Waals surface area contributed by atoms with Gasteiger partial charge >= 0.3 is 5.97 Å². The summed E-state index contributed by atoms with van der Waals surface area (Å²) in [6, 6.07) is 4.44. The van der Waals surface area contributed by atoms with E-state index in [4.69, 9.17) is 5.11 Å². The number of thioether (sulfide) groups is 1. The first-order valence-electron chi connectivity index (χ1n) is 6.99. The van der Waals surface area contributed by atoms with Crippen LogP contribution in [-0.2, 0) is 10.2 Å².